The van der Waals surface area contributed by atoms with E-state index in [-0.39, 0.29) is 35.4 Å². The summed E-state index contributed by atoms with van der Waals surface area (Å²) in [5.41, 5.74) is 6.62. The Labute approximate surface area is 349 Å². The predicted molar refractivity (Wildman–Crippen MR) is 224 cm³/mol. The number of carboxylic acids is 2. The van der Waals surface area contributed by atoms with Crippen LogP contribution in [0.4, 0.5) is 0 Å². The lowest BCUT2D eigenvalue weighted by Gasteiger charge is -2.12. The van der Waals surface area contributed by atoms with E-state index in [1.165, 1.54) is 34.8 Å². The number of carboxylic acid groups (broad SMARTS) is 2. The maximum absolute atomic E-state index is 11.7. The van der Waals surface area contributed by atoms with Crippen molar-refractivity contribution < 1.29 is 34.4 Å². The average Bonchev–Trinajstić information content (AvgIpc) is 3.99. The molecule has 6 heterocycles. The van der Waals surface area contributed by atoms with Crippen LogP contribution in [0.5, 0.6) is 17.6 Å². The third kappa shape index (κ3) is 8.84. The third-order valence-corrected chi connectivity index (χ3v) is 12.4. The number of aromatic nitrogens is 6. The van der Waals surface area contributed by atoms with Crippen LogP contribution in [-0.4, -0.2) is 57.2 Å². The van der Waals surface area contributed by atoms with E-state index in [1.807, 2.05) is 56.3 Å². The molecule has 8 rings (SSSR count). The van der Waals surface area contributed by atoms with Crippen LogP contribution >= 0.6 is 34.0 Å². The number of thiazole rings is 2. The number of ether oxygens (including phenoxy) is 2. The Bertz CT molecular complexity index is 2840. The molecule has 16 heteroatoms. The van der Waals surface area contributed by atoms with Crippen molar-refractivity contribution in [2.75, 3.05) is 0 Å². The van der Waals surface area contributed by atoms with Gasteiger partial charge >= 0.3 is 17.9 Å². The number of rotatable bonds is 14. The first-order valence-electron chi connectivity index (χ1n) is 18.0. The van der Waals surface area contributed by atoms with Gasteiger partial charge in [0.25, 0.3) is 0 Å². The van der Waals surface area contributed by atoms with E-state index in [9.17, 15) is 24.9 Å². The topological polar surface area (TPSA) is 191 Å². The lowest BCUT2D eigenvalue weighted by atomic mass is 9.95. The van der Waals surface area contributed by atoms with Crippen LogP contribution in [0, 0.1) is 13.8 Å². The molecule has 0 atom stereocenters. The normalized spacial score (nSPS) is 11.1. The molecule has 0 unspecified atom stereocenters. The molecule has 0 amide bonds. The number of phenols is 1. The van der Waals surface area contributed by atoms with Gasteiger partial charge in [-0.05, 0) is 96.8 Å². The zero-order valence-electron chi connectivity index (χ0n) is 31.3. The van der Waals surface area contributed by atoms with Gasteiger partial charge in [-0.15, -0.1) is 34.0 Å². The van der Waals surface area contributed by atoms with Crippen molar-refractivity contribution >= 4 is 45.9 Å². The van der Waals surface area contributed by atoms with Crippen molar-refractivity contribution in [2.24, 2.45) is 0 Å². The molecule has 13 nitrogen and oxygen atoms in total. The fourth-order valence-electron chi connectivity index (χ4n) is 6.27. The van der Waals surface area contributed by atoms with Crippen molar-refractivity contribution in [3.63, 3.8) is 0 Å². The second kappa shape index (κ2) is 16.9. The molecule has 0 fully saturated rings. The fourth-order valence-corrected chi connectivity index (χ4v) is 9.01. The Balaban J connectivity index is 1.19. The molecule has 8 aromatic rings. The van der Waals surface area contributed by atoms with Crippen LogP contribution in [0.2, 0.25) is 0 Å². The van der Waals surface area contributed by atoms with Crippen LogP contribution < -0.4 is 9.47 Å². The Morgan fingerprint density at radius 3 is 2.17 bits per heavy atom. The summed E-state index contributed by atoms with van der Waals surface area (Å²) >= 11 is 4.07. The van der Waals surface area contributed by atoms with Gasteiger partial charge in [-0.1, -0.05) is 24.3 Å². The second-order valence-electron chi connectivity index (χ2n) is 13.1. The maximum Gasteiger partial charge on any atom is 0.345 e. The van der Waals surface area contributed by atoms with E-state index in [0.29, 0.717) is 34.3 Å². The van der Waals surface area contributed by atoms with Gasteiger partial charge in [-0.25, -0.2) is 39.5 Å². The highest BCUT2D eigenvalue weighted by molar-refractivity contribution is 7.17. The molecule has 0 saturated heterocycles. The van der Waals surface area contributed by atoms with E-state index < -0.39 is 11.9 Å². The first kappa shape index (κ1) is 39.0. The highest BCUT2D eigenvalue weighted by Crippen LogP contribution is 2.39. The van der Waals surface area contributed by atoms with Gasteiger partial charge in [0, 0.05) is 30.6 Å². The molecule has 0 aliphatic carbocycles. The summed E-state index contributed by atoms with van der Waals surface area (Å²) in [6.45, 7) is 4.21. The molecule has 3 N–H and O–H groups in total. The monoisotopic (exact) mass is 840 g/mol. The minimum absolute atomic E-state index is 0.109. The van der Waals surface area contributed by atoms with Gasteiger partial charge in [0.05, 0.1) is 37.4 Å². The third-order valence-electron chi connectivity index (χ3n) is 8.98. The maximum atomic E-state index is 11.7. The molecule has 0 aliphatic heterocycles. The molecule has 59 heavy (non-hydrogen) atoms. The Morgan fingerprint density at radius 2 is 1.41 bits per heavy atom. The predicted octanol–water partition coefficient (Wildman–Crippen LogP) is 9.38. The molecule has 6 aromatic heterocycles. The van der Waals surface area contributed by atoms with Crippen LogP contribution in [0.25, 0.3) is 42.7 Å². The quantitative estimate of drug-likeness (QED) is 0.0940. The van der Waals surface area contributed by atoms with E-state index in [0.717, 1.165) is 64.6 Å². The van der Waals surface area contributed by atoms with E-state index in [2.05, 4.69) is 21.0 Å². The zero-order chi connectivity index (χ0) is 41.0. The highest BCUT2D eigenvalue weighted by Gasteiger charge is 2.20. The number of hydrogen-bond acceptors (Lipinski definition) is 14. The molecular formula is C43H32N6O7S3. The summed E-state index contributed by atoms with van der Waals surface area (Å²) in [6.07, 6.45) is 5.23. The summed E-state index contributed by atoms with van der Waals surface area (Å²) in [7, 11) is 0. The van der Waals surface area contributed by atoms with E-state index >= 15 is 0 Å². The molecule has 0 aliphatic rings. The zero-order valence-corrected chi connectivity index (χ0v) is 33.8. The Kier molecular flexibility index (Phi) is 11.2. The van der Waals surface area contributed by atoms with Crippen LogP contribution in [0.3, 0.4) is 0 Å². The van der Waals surface area contributed by atoms with Gasteiger partial charge in [-0.2, -0.15) is 0 Å². The molecule has 0 radical (unpaired) electrons. The van der Waals surface area contributed by atoms with Gasteiger partial charge in [-0.3, -0.25) is 0 Å². The van der Waals surface area contributed by atoms with Crippen molar-refractivity contribution in [2.45, 2.75) is 33.5 Å². The second-order valence-corrected chi connectivity index (χ2v) is 16.4. The average molecular weight is 841 g/mol. The molecule has 2 aromatic carbocycles. The first-order chi connectivity index (χ1) is 28.6. The number of hydrogen-bond donors (Lipinski definition) is 3. The van der Waals surface area contributed by atoms with Gasteiger partial charge in [0.1, 0.15) is 39.4 Å². The summed E-state index contributed by atoms with van der Waals surface area (Å²) < 4.78 is 11.9. The standard InChI is InChI=1S/C43H32N6O7S3/c1-23-6-4-13-44-40(23)55-21-36-47-24(2)38(58-36)28-17-25(16-27(19-28)26-9-10-29(41(51)52)33(50)20-26)18-32-39(59-37(49-32)22-56-43-45-14-5-15-46-43)31-8-3-7-30(48-31)34-11-12-35(57-34)42(53)54/h3-17,19-20,50H,18,21-22H2,1-2H3,(H,51,52)(H,53,54). The smallest absolute Gasteiger partial charge is 0.345 e. The summed E-state index contributed by atoms with van der Waals surface area (Å²) in [5.74, 6) is -2.04. The number of aromatic hydroxyl groups is 1. The molecule has 294 valence electrons. The summed E-state index contributed by atoms with van der Waals surface area (Å²) in [4.78, 5) is 53.5. The molecule has 0 spiro atoms. The molecule has 0 bridgehead atoms. The number of pyridine rings is 2. The van der Waals surface area contributed by atoms with Crippen molar-refractivity contribution in [1.29, 1.82) is 0 Å². The van der Waals surface area contributed by atoms with Crippen molar-refractivity contribution in [1.82, 2.24) is 29.9 Å². The minimum atomic E-state index is -1.23. The lowest BCUT2D eigenvalue weighted by molar-refractivity contribution is 0.0686. The van der Waals surface area contributed by atoms with Crippen LogP contribution in [0.1, 0.15) is 52.6 Å². The van der Waals surface area contributed by atoms with Crippen molar-refractivity contribution in [3.05, 3.63) is 146 Å². The molecular weight excluding hydrogens is 809 g/mol. The highest BCUT2D eigenvalue weighted by atomic mass is 32.1. The fraction of sp³-hybridized carbons (Fsp3) is 0.116. The Hall–Kier alpha value is -6.88. The number of aryl methyl sites for hydroxylation is 2. The van der Waals surface area contributed by atoms with Gasteiger partial charge < -0.3 is 24.8 Å². The van der Waals surface area contributed by atoms with Gasteiger partial charge in [0.15, 0.2) is 0 Å². The Morgan fingerprint density at radius 1 is 0.661 bits per heavy atom. The van der Waals surface area contributed by atoms with Crippen LogP contribution in [-0.2, 0) is 19.6 Å². The first-order valence-corrected chi connectivity index (χ1v) is 20.4. The van der Waals surface area contributed by atoms with Crippen LogP contribution in [0.15, 0.2) is 104 Å². The SMILES string of the molecule is Cc1cccnc1OCc1nc(C)c(-c2cc(Cc3nc(COc4ncccn4)sc3-c3cccc(-c4ccc(C(=O)O)s4)n3)cc(-c3ccc(C(=O)O)c(O)c3)c2)s1. The number of carbonyl (C=O) groups is 2. The number of nitrogens with zero attached hydrogens (tertiary/aromatic N) is 6. The summed E-state index contributed by atoms with van der Waals surface area (Å²) in [5, 5.41) is 31.2. The van der Waals surface area contributed by atoms with E-state index in [4.69, 9.17) is 24.4 Å². The number of thiophene rings is 1. The van der Waals surface area contributed by atoms with Crippen molar-refractivity contribution in [3.8, 4) is 60.3 Å². The number of aromatic carboxylic acids is 2. The molecule has 0 saturated carbocycles. The largest absolute Gasteiger partial charge is 0.507 e. The number of benzene rings is 2. The minimum Gasteiger partial charge on any atom is -0.507 e. The van der Waals surface area contributed by atoms with Gasteiger partial charge in [0.2, 0.25) is 5.88 Å². The van der Waals surface area contributed by atoms with E-state index in [1.54, 1.807) is 42.9 Å². The summed E-state index contributed by atoms with van der Waals surface area (Å²) in [6, 6.07) is 25.2. The lowest BCUT2D eigenvalue weighted by Crippen LogP contribution is -1.99.